The molecule has 62 valence electrons. The standard InChI is InChI=1S/C10H9ClO/c1-2-12-8-7-9-5-3-4-6-10(9)11/h3-6H,2H2,1H3. The molecule has 1 aromatic rings. The van der Waals surface area contributed by atoms with E-state index in [1.807, 2.05) is 25.1 Å². The largest absolute Gasteiger partial charge is 0.447 e. The highest BCUT2D eigenvalue weighted by atomic mass is 35.5. The Morgan fingerprint density at radius 1 is 1.42 bits per heavy atom. The van der Waals surface area contributed by atoms with Gasteiger partial charge in [-0.2, -0.15) is 0 Å². The van der Waals surface area contributed by atoms with Crippen LogP contribution in [-0.2, 0) is 4.74 Å². The van der Waals surface area contributed by atoms with Crippen molar-refractivity contribution in [1.82, 2.24) is 0 Å². The Balaban J connectivity index is 2.77. The van der Waals surface area contributed by atoms with Crippen molar-refractivity contribution in [3.05, 3.63) is 34.9 Å². The Hall–Kier alpha value is -1.13. The van der Waals surface area contributed by atoms with Gasteiger partial charge < -0.3 is 4.74 Å². The van der Waals surface area contributed by atoms with Crippen LogP contribution >= 0.6 is 11.6 Å². The quantitative estimate of drug-likeness (QED) is 0.604. The van der Waals surface area contributed by atoms with Crippen molar-refractivity contribution < 1.29 is 4.74 Å². The molecule has 0 saturated heterocycles. The fourth-order valence-corrected chi connectivity index (χ4v) is 0.909. The van der Waals surface area contributed by atoms with Crippen molar-refractivity contribution in [2.24, 2.45) is 0 Å². The van der Waals surface area contributed by atoms with Crippen molar-refractivity contribution in [1.29, 1.82) is 0 Å². The molecular weight excluding hydrogens is 172 g/mol. The van der Waals surface area contributed by atoms with Crippen LogP contribution in [0.3, 0.4) is 0 Å². The topological polar surface area (TPSA) is 9.23 Å². The van der Waals surface area contributed by atoms with Crippen LogP contribution in [0.15, 0.2) is 24.3 Å². The van der Waals surface area contributed by atoms with Crippen LogP contribution in [0.25, 0.3) is 0 Å². The number of hydrogen-bond acceptors (Lipinski definition) is 1. The lowest BCUT2D eigenvalue weighted by Gasteiger charge is -1.92. The molecule has 0 atom stereocenters. The number of rotatable bonds is 1. The molecule has 0 fully saturated rings. The summed E-state index contributed by atoms with van der Waals surface area (Å²) in [5.41, 5.74) is 0.799. The van der Waals surface area contributed by atoms with Crippen molar-refractivity contribution in [2.45, 2.75) is 6.92 Å². The molecule has 0 aliphatic rings. The van der Waals surface area contributed by atoms with Gasteiger partial charge in [-0.1, -0.05) is 23.7 Å². The first-order valence-corrected chi connectivity index (χ1v) is 4.09. The van der Waals surface area contributed by atoms with E-state index >= 15 is 0 Å². The van der Waals surface area contributed by atoms with E-state index < -0.39 is 0 Å². The number of benzene rings is 1. The molecule has 0 unspecified atom stereocenters. The molecule has 0 saturated carbocycles. The summed E-state index contributed by atoms with van der Waals surface area (Å²) in [7, 11) is 0. The summed E-state index contributed by atoms with van der Waals surface area (Å²) in [6.45, 7) is 2.48. The van der Waals surface area contributed by atoms with Gasteiger partial charge in [0, 0.05) is 5.56 Å². The average Bonchev–Trinajstić information content (AvgIpc) is 2.09. The van der Waals surface area contributed by atoms with Crippen LogP contribution in [0.2, 0.25) is 5.02 Å². The maximum Gasteiger partial charge on any atom is 0.115 e. The van der Waals surface area contributed by atoms with Gasteiger partial charge in [0.05, 0.1) is 11.6 Å². The highest BCUT2D eigenvalue weighted by Gasteiger charge is 1.92. The zero-order chi connectivity index (χ0) is 8.81. The zero-order valence-corrected chi connectivity index (χ0v) is 7.56. The summed E-state index contributed by atoms with van der Waals surface area (Å²) in [4.78, 5) is 0. The third kappa shape index (κ3) is 2.48. The van der Waals surface area contributed by atoms with E-state index in [4.69, 9.17) is 16.3 Å². The molecule has 0 radical (unpaired) electrons. The lowest BCUT2D eigenvalue weighted by Crippen LogP contribution is -1.79. The number of hydrogen-bond donors (Lipinski definition) is 0. The van der Waals surface area contributed by atoms with E-state index in [0.29, 0.717) is 11.6 Å². The smallest absolute Gasteiger partial charge is 0.115 e. The summed E-state index contributed by atoms with van der Waals surface area (Å²) >= 11 is 5.85. The third-order valence-electron chi connectivity index (χ3n) is 1.28. The molecule has 2 heteroatoms. The van der Waals surface area contributed by atoms with Crippen LogP contribution in [0, 0.1) is 12.0 Å². The average molecular weight is 181 g/mol. The fraction of sp³-hybridized carbons (Fsp3) is 0.200. The molecule has 0 bridgehead atoms. The van der Waals surface area contributed by atoms with E-state index in [1.54, 1.807) is 6.07 Å². The van der Waals surface area contributed by atoms with Crippen LogP contribution in [-0.4, -0.2) is 6.61 Å². The van der Waals surface area contributed by atoms with Gasteiger partial charge in [0.15, 0.2) is 0 Å². The molecule has 0 N–H and O–H groups in total. The summed E-state index contributed by atoms with van der Waals surface area (Å²) in [5, 5.41) is 0.657. The molecule has 0 amide bonds. The fourth-order valence-electron chi connectivity index (χ4n) is 0.726. The molecule has 0 heterocycles. The first-order valence-electron chi connectivity index (χ1n) is 3.72. The Kier molecular flexibility index (Phi) is 3.50. The predicted molar refractivity (Wildman–Crippen MR) is 50.0 cm³/mol. The van der Waals surface area contributed by atoms with E-state index in [0.717, 1.165) is 5.56 Å². The second-order valence-electron chi connectivity index (χ2n) is 2.14. The van der Waals surface area contributed by atoms with Gasteiger partial charge in [0.1, 0.15) is 6.11 Å². The maximum atomic E-state index is 5.85. The predicted octanol–water partition coefficient (Wildman–Crippen LogP) is 2.69. The van der Waals surface area contributed by atoms with Crippen molar-refractivity contribution in [2.75, 3.05) is 6.61 Å². The third-order valence-corrected chi connectivity index (χ3v) is 1.61. The van der Waals surface area contributed by atoms with Gasteiger partial charge in [-0.15, -0.1) is 0 Å². The van der Waals surface area contributed by atoms with E-state index in [2.05, 4.69) is 12.0 Å². The molecule has 0 aliphatic heterocycles. The second kappa shape index (κ2) is 4.69. The van der Waals surface area contributed by atoms with Crippen LogP contribution < -0.4 is 0 Å². The summed E-state index contributed by atoms with van der Waals surface area (Å²) in [5.74, 6) is 2.81. The Labute approximate surface area is 77.3 Å². The Morgan fingerprint density at radius 3 is 2.83 bits per heavy atom. The molecular formula is C10H9ClO. The maximum absolute atomic E-state index is 5.85. The van der Waals surface area contributed by atoms with Gasteiger partial charge in [0.2, 0.25) is 0 Å². The highest BCUT2D eigenvalue weighted by molar-refractivity contribution is 6.31. The molecule has 1 nitrogen and oxygen atoms in total. The molecule has 0 aliphatic carbocycles. The Bertz CT molecular complexity index is 309. The van der Waals surface area contributed by atoms with Gasteiger partial charge >= 0.3 is 0 Å². The lowest BCUT2D eigenvalue weighted by molar-refractivity contribution is 0.299. The molecule has 1 aromatic carbocycles. The van der Waals surface area contributed by atoms with Gasteiger partial charge in [0.25, 0.3) is 0 Å². The minimum Gasteiger partial charge on any atom is -0.447 e. The highest BCUT2D eigenvalue weighted by Crippen LogP contribution is 2.12. The summed E-state index contributed by atoms with van der Waals surface area (Å²) in [6.07, 6.45) is 2.56. The first-order chi connectivity index (χ1) is 5.84. The van der Waals surface area contributed by atoms with Crippen LogP contribution in [0.1, 0.15) is 12.5 Å². The summed E-state index contributed by atoms with van der Waals surface area (Å²) < 4.78 is 4.87. The monoisotopic (exact) mass is 180 g/mol. The lowest BCUT2D eigenvalue weighted by atomic mass is 10.2. The molecule has 12 heavy (non-hydrogen) atoms. The van der Waals surface area contributed by atoms with E-state index in [9.17, 15) is 0 Å². The molecule has 1 rings (SSSR count). The van der Waals surface area contributed by atoms with E-state index in [1.165, 1.54) is 0 Å². The second-order valence-corrected chi connectivity index (χ2v) is 2.55. The minimum atomic E-state index is 0.595. The van der Waals surface area contributed by atoms with Crippen molar-refractivity contribution in [3.63, 3.8) is 0 Å². The molecule has 0 spiro atoms. The first kappa shape index (κ1) is 8.96. The van der Waals surface area contributed by atoms with Crippen molar-refractivity contribution in [3.8, 4) is 12.0 Å². The van der Waals surface area contributed by atoms with Gasteiger partial charge in [-0.3, -0.25) is 0 Å². The van der Waals surface area contributed by atoms with E-state index in [-0.39, 0.29) is 0 Å². The SMILES string of the molecule is CCOC#Cc1ccccc1Cl. The number of ether oxygens (including phenoxy) is 1. The van der Waals surface area contributed by atoms with Crippen LogP contribution in [0.5, 0.6) is 0 Å². The number of halogens is 1. The molecule has 0 aromatic heterocycles. The van der Waals surface area contributed by atoms with Gasteiger partial charge in [-0.25, -0.2) is 0 Å². The van der Waals surface area contributed by atoms with Crippen molar-refractivity contribution >= 4 is 11.6 Å². The summed E-state index contributed by atoms with van der Waals surface area (Å²) in [6, 6.07) is 7.42. The Morgan fingerprint density at radius 2 is 2.17 bits per heavy atom. The zero-order valence-electron chi connectivity index (χ0n) is 6.80. The van der Waals surface area contributed by atoms with Gasteiger partial charge in [-0.05, 0) is 25.0 Å². The normalized spacial score (nSPS) is 8.50. The minimum absolute atomic E-state index is 0.595. The van der Waals surface area contributed by atoms with Crippen LogP contribution in [0.4, 0.5) is 0 Å².